The minimum Gasteiger partial charge on any atom is -0.208 e. The van der Waals surface area contributed by atoms with Crippen molar-refractivity contribution < 1.29 is 15.1 Å². The molecule has 7 aromatic carbocycles. The van der Waals surface area contributed by atoms with Crippen molar-refractivity contribution in [1.29, 1.82) is 0 Å². The van der Waals surface area contributed by atoms with Crippen LogP contribution in [0.3, 0.4) is 0 Å². The average Bonchev–Trinajstić information content (AvgIpc) is 3.69. The quantitative estimate of drug-likeness (QED) is 0.179. The van der Waals surface area contributed by atoms with Crippen LogP contribution in [-0.2, 0) is 0 Å². The van der Waals surface area contributed by atoms with E-state index in [4.69, 9.17) is 27.3 Å². The summed E-state index contributed by atoms with van der Waals surface area (Å²) in [6, 6.07) is 29.3. The largest absolute Gasteiger partial charge is 0.208 e. The van der Waals surface area contributed by atoms with E-state index in [9.17, 15) is 2.74 Å². The van der Waals surface area contributed by atoms with Gasteiger partial charge in [0.25, 0.3) is 0 Å². The number of aromatic nitrogens is 3. The van der Waals surface area contributed by atoms with Gasteiger partial charge in [-0.15, -0.1) is 11.3 Å². The summed E-state index contributed by atoms with van der Waals surface area (Å²) < 4.78 is 97.9. The maximum atomic E-state index is 9.56. The van der Waals surface area contributed by atoms with Crippen LogP contribution >= 0.6 is 11.3 Å². The van der Waals surface area contributed by atoms with Crippen LogP contribution in [0.4, 0.5) is 0 Å². The van der Waals surface area contributed by atoms with Gasteiger partial charge < -0.3 is 0 Å². The second kappa shape index (κ2) is 12.4. The second-order valence-electron chi connectivity index (χ2n) is 11.2. The Morgan fingerprint density at radius 2 is 0.816 bits per heavy atom. The minimum absolute atomic E-state index is 0.00874. The monoisotopic (exact) mass is 654 g/mol. The standard InChI is InChI=1S/C45H29N3S/c1-3-10-30(11-4-1)32-18-22-34(23-19-32)43-46-44(35-24-20-33(21-25-35)31-12-5-2-6-13-31)48-45(47-43)38-15-9-14-36(28-38)37-26-27-42-40(29-37)39-16-7-8-17-41(39)49-42/h1-29H/i7D,8D,9D,14D,15D,16D,17D,26D,27D,28D,29D. The molecule has 0 N–H and O–H groups in total. The normalized spacial score (nSPS) is 14.4. The van der Waals surface area contributed by atoms with Crippen LogP contribution in [0, 0.1) is 0 Å². The Labute approximate surface area is 304 Å². The van der Waals surface area contributed by atoms with Crippen molar-refractivity contribution >= 4 is 31.5 Å². The Morgan fingerprint density at radius 3 is 1.43 bits per heavy atom. The summed E-state index contributed by atoms with van der Waals surface area (Å²) in [7, 11) is 0. The molecule has 0 atom stereocenters. The van der Waals surface area contributed by atoms with Gasteiger partial charge in [0.1, 0.15) is 0 Å². The van der Waals surface area contributed by atoms with Crippen LogP contribution in [0.25, 0.3) is 87.7 Å². The Hall–Kier alpha value is -6.23. The smallest absolute Gasteiger partial charge is 0.164 e. The molecule has 9 aromatic rings. The second-order valence-corrected chi connectivity index (χ2v) is 12.2. The number of hydrogen-bond acceptors (Lipinski definition) is 4. The van der Waals surface area contributed by atoms with Gasteiger partial charge in [-0.2, -0.15) is 0 Å². The van der Waals surface area contributed by atoms with Crippen molar-refractivity contribution in [2.75, 3.05) is 0 Å². The molecule has 0 unspecified atom stereocenters. The summed E-state index contributed by atoms with van der Waals surface area (Å²) in [5.74, 6) is 0.263. The zero-order valence-corrected chi connectivity index (χ0v) is 26.5. The first-order valence-corrected chi connectivity index (χ1v) is 16.3. The maximum absolute atomic E-state index is 9.56. The highest BCUT2D eigenvalue weighted by atomic mass is 32.1. The Bertz CT molecular complexity index is 3090. The van der Waals surface area contributed by atoms with E-state index in [1.165, 1.54) is 0 Å². The third-order valence-electron chi connectivity index (χ3n) is 8.12. The lowest BCUT2D eigenvalue weighted by Gasteiger charge is -2.11. The van der Waals surface area contributed by atoms with Crippen LogP contribution in [0.2, 0.25) is 0 Å². The first-order valence-electron chi connectivity index (χ1n) is 21.0. The average molecular weight is 655 g/mol. The summed E-state index contributed by atoms with van der Waals surface area (Å²) >= 11 is 0.870. The van der Waals surface area contributed by atoms with Crippen LogP contribution in [0.5, 0.6) is 0 Å². The molecule has 0 fully saturated rings. The van der Waals surface area contributed by atoms with Gasteiger partial charge in [0.2, 0.25) is 0 Å². The predicted octanol–water partition coefficient (Wildman–Crippen LogP) is 12.2. The zero-order chi connectivity index (χ0) is 42.1. The van der Waals surface area contributed by atoms with Gasteiger partial charge in [0, 0.05) is 36.9 Å². The third-order valence-corrected chi connectivity index (χ3v) is 9.14. The van der Waals surface area contributed by atoms with E-state index < -0.39 is 60.4 Å². The van der Waals surface area contributed by atoms with Crippen molar-refractivity contribution in [2.24, 2.45) is 0 Å². The number of hydrogen-bond donors (Lipinski definition) is 0. The molecule has 0 saturated heterocycles. The molecule has 2 aromatic heterocycles. The zero-order valence-electron chi connectivity index (χ0n) is 36.6. The number of thiophene rings is 1. The SMILES string of the molecule is [2H]c1c([2H])c(-c2nc(-c3ccc(-c4ccccc4)cc3)nc(-c3ccc(-c4ccccc4)cc3)n2)c([2H])c(-c2c([2H])c([2H])c3sc4c([2H])c([2H])c([2H])c([2H])c4c3c2[2H])c1[2H]. The summed E-state index contributed by atoms with van der Waals surface area (Å²) in [5, 5.41) is -0.0342. The lowest BCUT2D eigenvalue weighted by molar-refractivity contribution is 1.07. The Balaban J connectivity index is 1.28. The lowest BCUT2D eigenvalue weighted by Crippen LogP contribution is -2.00. The highest BCUT2D eigenvalue weighted by Crippen LogP contribution is 2.37. The van der Waals surface area contributed by atoms with Crippen molar-refractivity contribution in [1.82, 2.24) is 15.0 Å². The summed E-state index contributed by atoms with van der Waals surface area (Å²) in [6.45, 7) is 0. The summed E-state index contributed by atoms with van der Waals surface area (Å²) in [6.07, 6.45) is 0. The maximum Gasteiger partial charge on any atom is 0.164 e. The van der Waals surface area contributed by atoms with Crippen LogP contribution < -0.4 is 0 Å². The minimum atomic E-state index is -0.626. The lowest BCUT2D eigenvalue weighted by atomic mass is 10.0. The van der Waals surface area contributed by atoms with Crippen LogP contribution in [0.15, 0.2) is 176 Å². The van der Waals surface area contributed by atoms with E-state index in [2.05, 4.69) is 0 Å². The molecular weight excluding hydrogens is 615 g/mol. The topological polar surface area (TPSA) is 38.7 Å². The number of rotatable bonds is 6. The first-order chi connectivity index (χ1) is 28.8. The van der Waals surface area contributed by atoms with Crippen molar-refractivity contribution in [3.05, 3.63) is 176 Å². The fourth-order valence-electron chi connectivity index (χ4n) is 5.64. The predicted molar refractivity (Wildman–Crippen MR) is 205 cm³/mol. The van der Waals surface area contributed by atoms with Gasteiger partial charge in [0.05, 0.1) is 15.1 Å². The molecule has 49 heavy (non-hydrogen) atoms. The molecule has 4 heteroatoms. The fourth-order valence-corrected chi connectivity index (χ4v) is 6.56. The molecule has 9 rings (SSSR count). The van der Waals surface area contributed by atoms with Crippen molar-refractivity contribution in [3.8, 4) is 67.5 Å². The van der Waals surface area contributed by atoms with E-state index in [1.54, 1.807) is 0 Å². The van der Waals surface area contributed by atoms with Gasteiger partial charge in [-0.25, -0.2) is 15.0 Å². The molecule has 0 bridgehead atoms. The molecule has 230 valence electrons. The highest BCUT2D eigenvalue weighted by molar-refractivity contribution is 7.25. The molecule has 0 aliphatic rings. The molecule has 0 saturated carbocycles. The number of benzene rings is 7. The van der Waals surface area contributed by atoms with Gasteiger partial charge in [0.15, 0.2) is 17.5 Å². The van der Waals surface area contributed by atoms with Crippen molar-refractivity contribution in [2.45, 2.75) is 0 Å². The van der Waals surface area contributed by atoms with Crippen molar-refractivity contribution in [3.63, 3.8) is 0 Å². The van der Waals surface area contributed by atoms with E-state index in [1.807, 2.05) is 109 Å². The van der Waals surface area contributed by atoms with Gasteiger partial charge in [-0.05, 0) is 57.6 Å². The number of fused-ring (bicyclic) bond motifs is 3. The highest BCUT2D eigenvalue weighted by Gasteiger charge is 2.14. The van der Waals surface area contributed by atoms with Crippen LogP contribution in [-0.4, -0.2) is 15.0 Å². The third kappa shape index (κ3) is 5.69. The molecule has 0 aliphatic heterocycles. The van der Waals surface area contributed by atoms with Gasteiger partial charge in [-0.3, -0.25) is 0 Å². The Kier molecular flexibility index (Phi) is 4.96. The first kappa shape index (κ1) is 19.6. The molecule has 0 amide bonds. The van der Waals surface area contributed by atoms with E-state index in [0.717, 1.165) is 33.6 Å². The van der Waals surface area contributed by atoms with E-state index in [0.29, 0.717) is 11.1 Å². The fraction of sp³-hybridized carbons (Fsp3) is 0. The molecule has 0 spiro atoms. The summed E-state index contributed by atoms with van der Waals surface area (Å²) in [5.41, 5.74) is 4.15. The summed E-state index contributed by atoms with van der Waals surface area (Å²) in [4.78, 5) is 14.4. The molecule has 2 heterocycles. The molecule has 0 aliphatic carbocycles. The molecule has 3 nitrogen and oxygen atoms in total. The van der Waals surface area contributed by atoms with Gasteiger partial charge in [-0.1, -0.05) is 151 Å². The molecular formula is C45H29N3S. The van der Waals surface area contributed by atoms with Gasteiger partial charge >= 0.3 is 0 Å². The van der Waals surface area contributed by atoms with Crippen LogP contribution in [0.1, 0.15) is 15.1 Å². The van der Waals surface area contributed by atoms with E-state index in [-0.39, 0.29) is 60.4 Å². The molecule has 0 radical (unpaired) electrons. The number of nitrogens with zero attached hydrogens (tertiary/aromatic N) is 3. The Morgan fingerprint density at radius 1 is 0.347 bits per heavy atom. The van der Waals surface area contributed by atoms with E-state index >= 15 is 0 Å².